The van der Waals surface area contributed by atoms with Crippen molar-refractivity contribution in [1.29, 1.82) is 0 Å². The number of piperidine rings is 1. The van der Waals surface area contributed by atoms with Crippen molar-refractivity contribution in [3.8, 4) is 11.3 Å². The molecule has 1 fully saturated rings. The summed E-state index contributed by atoms with van der Waals surface area (Å²) in [5, 5.41) is 2.93. The zero-order valence-electron chi connectivity index (χ0n) is 17.3. The third-order valence-electron chi connectivity index (χ3n) is 5.55. The Morgan fingerprint density at radius 1 is 1.10 bits per heavy atom. The molecule has 4 rings (SSSR count). The average Bonchev–Trinajstić information content (AvgIpc) is 3.16. The minimum Gasteiger partial charge on any atom is -0.299 e. The first-order valence-electron chi connectivity index (χ1n) is 10.2. The molecule has 0 aliphatic carbocycles. The highest BCUT2D eigenvalue weighted by Gasteiger charge is 2.26. The highest BCUT2D eigenvalue weighted by Crippen LogP contribution is 2.27. The van der Waals surface area contributed by atoms with Crippen LogP contribution in [0.1, 0.15) is 29.0 Å². The molecule has 0 spiro atoms. The molecule has 2 aromatic carbocycles. The number of likely N-dealkylation sites (tertiary alicyclic amines) is 1. The molecule has 3 aromatic rings. The van der Waals surface area contributed by atoms with E-state index in [4.69, 9.17) is 0 Å². The van der Waals surface area contributed by atoms with Crippen molar-refractivity contribution in [1.82, 2.24) is 14.6 Å². The fraction of sp³-hybridized carbons (Fsp3) is 0.348. The first-order chi connectivity index (χ1) is 14.4. The summed E-state index contributed by atoms with van der Waals surface area (Å²) >= 11 is 1.57. The van der Waals surface area contributed by atoms with E-state index in [-0.39, 0.29) is 6.04 Å². The van der Waals surface area contributed by atoms with Crippen LogP contribution in [0.4, 0.5) is 0 Å². The molecule has 5 nitrogen and oxygen atoms in total. The molecular formula is C23H27N3O2S2. The third kappa shape index (κ3) is 4.98. The Hall–Kier alpha value is -2.06. The first-order valence-corrected chi connectivity index (χ1v) is 12.6. The maximum atomic E-state index is 13.1. The van der Waals surface area contributed by atoms with Crippen LogP contribution >= 0.6 is 11.3 Å². The van der Waals surface area contributed by atoms with Crippen molar-refractivity contribution < 1.29 is 8.42 Å². The molecule has 0 amide bonds. The average molecular weight is 442 g/mol. The fourth-order valence-electron chi connectivity index (χ4n) is 3.88. The van der Waals surface area contributed by atoms with E-state index in [0.29, 0.717) is 4.90 Å². The number of hydrogen-bond donors (Lipinski definition) is 1. The molecule has 1 aliphatic rings. The number of nitrogens with one attached hydrogen (secondary N) is 1. The molecular weight excluding hydrogens is 414 g/mol. The van der Waals surface area contributed by atoms with E-state index in [2.05, 4.69) is 38.9 Å². The number of hydrogen-bond acceptors (Lipinski definition) is 5. The highest BCUT2D eigenvalue weighted by molar-refractivity contribution is 7.89. The molecule has 1 N–H and O–H groups in total. The third-order valence-corrected chi connectivity index (χ3v) is 7.99. The Bertz CT molecular complexity index is 1100. The lowest BCUT2D eigenvalue weighted by atomic mass is 10.1. The summed E-state index contributed by atoms with van der Waals surface area (Å²) in [6, 6.07) is 15.9. The summed E-state index contributed by atoms with van der Waals surface area (Å²) in [7, 11) is -3.58. The van der Waals surface area contributed by atoms with E-state index in [1.165, 1.54) is 5.56 Å². The van der Waals surface area contributed by atoms with E-state index in [1.807, 2.05) is 37.4 Å². The van der Waals surface area contributed by atoms with Crippen LogP contribution in [-0.4, -0.2) is 37.4 Å². The van der Waals surface area contributed by atoms with Gasteiger partial charge in [-0.05, 0) is 43.9 Å². The molecule has 1 saturated heterocycles. The standard InChI is InChI=1S/C23H27N3O2S2/c1-17-8-9-20(22-16-29-18(2)24-22)14-23(17)30(27,28)25-21-10-12-26(13-11-21)15-19-6-4-3-5-7-19/h3-9,14,16,21,25H,10-13,15H2,1-2H3. The Morgan fingerprint density at radius 2 is 1.83 bits per heavy atom. The molecule has 30 heavy (non-hydrogen) atoms. The van der Waals surface area contributed by atoms with Gasteiger partial charge >= 0.3 is 0 Å². The van der Waals surface area contributed by atoms with Crippen molar-refractivity contribution in [2.24, 2.45) is 0 Å². The molecule has 0 saturated carbocycles. The smallest absolute Gasteiger partial charge is 0.241 e. The summed E-state index contributed by atoms with van der Waals surface area (Å²) in [6.07, 6.45) is 1.63. The van der Waals surface area contributed by atoms with Gasteiger partial charge in [0.15, 0.2) is 0 Å². The van der Waals surface area contributed by atoms with Gasteiger partial charge in [0.25, 0.3) is 0 Å². The molecule has 1 aliphatic heterocycles. The van der Waals surface area contributed by atoms with Gasteiger partial charge in [-0.15, -0.1) is 11.3 Å². The second-order valence-electron chi connectivity index (χ2n) is 7.89. The van der Waals surface area contributed by atoms with E-state index in [0.717, 1.165) is 54.3 Å². The van der Waals surface area contributed by atoms with E-state index < -0.39 is 10.0 Å². The zero-order chi connectivity index (χ0) is 21.1. The van der Waals surface area contributed by atoms with Gasteiger partial charge in [0.05, 0.1) is 15.6 Å². The number of benzene rings is 2. The van der Waals surface area contributed by atoms with Crippen molar-refractivity contribution in [3.05, 3.63) is 70.0 Å². The van der Waals surface area contributed by atoms with Crippen LogP contribution in [0.25, 0.3) is 11.3 Å². The molecule has 0 atom stereocenters. The van der Waals surface area contributed by atoms with Gasteiger partial charge in [-0.2, -0.15) is 0 Å². The van der Waals surface area contributed by atoms with Crippen LogP contribution in [0, 0.1) is 13.8 Å². The number of aryl methyl sites for hydroxylation is 2. The predicted octanol–water partition coefficient (Wildman–Crippen LogP) is 4.37. The number of aromatic nitrogens is 1. The van der Waals surface area contributed by atoms with Crippen LogP contribution in [0.5, 0.6) is 0 Å². The lowest BCUT2D eigenvalue weighted by molar-refractivity contribution is 0.200. The molecule has 7 heteroatoms. The fourth-order valence-corrected chi connectivity index (χ4v) is 6.08. The Balaban J connectivity index is 1.42. The molecule has 1 aromatic heterocycles. The normalized spacial score (nSPS) is 16.1. The van der Waals surface area contributed by atoms with Crippen molar-refractivity contribution >= 4 is 21.4 Å². The Labute approximate surface area is 182 Å². The topological polar surface area (TPSA) is 62.3 Å². The van der Waals surface area contributed by atoms with Gasteiger partial charge in [0.2, 0.25) is 10.0 Å². The first kappa shape index (κ1) is 21.2. The van der Waals surface area contributed by atoms with Gasteiger partial charge in [0.1, 0.15) is 0 Å². The maximum absolute atomic E-state index is 13.1. The van der Waals surface area contributed by atoms with Crippen LogP contribution in [-0.2, 0) is 16.6 Å². The van der Waals surface area contributed by atoms with Gasteiger partial charge < -0.3 is 0 Å². The number of thiazole rings is 1. The van der Waals surface area contributed by atoms with Crippen LogP contribution in [0.2, 0.25) is 0 Å². The Morgan fingerprint density at radius 3 is 2.50 bits per heavy atom. The second-order valence-corrected chi connectivity index (χ2v) is 10.6. The SMILES string of the molecule is Cc1nc(-c2ccc(C)c(S(=O)(=O)NC3CCN(Cc4ccccc4)CC3)c2)cs1. The highest BCUT2D eigenvalue weighted by atomic mass is 32.2. The predicted molar refractivity (Wildman–Crippen MR) is 122 cm³/mol. The summed E-state index contributed by atoms with van der Waals surface area (Å²) in [5.74, 6) is 0. The lowest BCUT2D eigenvalue weighted by Crippen LogP contribution is -2.44. The quantitative estimate of drug-likeness (QED) is 0.617. The second kappa shape index (κ2) is 8.98. The monoisotopic (exact) mass is 441 g/mol. The van der Waals surface area contributed by atoms with Crippen molar-refractivity contribution in [2.45, 2.75) is 44.2 Å². The molecule has 0 radical (unpaired) electrons. The molecule has 2 heterocycles. The number of sulfonamides is 1. The van der Waals surface area contributed by atoms with Crippen molar-refractivity contribution in [2.75, 3.05) is 13.1 Å². The summed E-state index contributed by atoms with van der Waals surface area (Å²) < 4.78 is 29.2. The van der Waals surface area contributed by atoms with Crippen LogP contribution in [0.3, 0.4) is 0 Å². The van der Waals surface area contributed by atoms with Gasteiger partial charge in [-0.3, -0.25) is 4.90 Å². The summed E-state index contributed by atoms with van der Waals surface area (Å²) in [4.78, 5) is 7.22. The summed E-state index contributed by atoms with van der Waals surface area (Å²) in [6.45, 7) is 6.48. The largest absolute Gasteiger partial charge is 0.299 e. The zero-order valence-corrected chi connectivity index (χ0v) is 19.0. The van der Waals surface area contributed by atoms with Crippen LogP contribution in [0.15, 0.2) is 58.8 Å². The molecule has 158 valence electrons. The van der Waals surface area contributed by atoms with Gasteiger partial charge in [-0.25, -0.2) is 18.1 Å². The number of nitrogens with zero attached hydrogens (tertiary/aromatic N) is 2. The lowest BCUT2D eigenvalue weighted by Gasteiger charge is -2.32. The van der Waals surface area contributed by atoms with E-state index >= 15 is 0 Å². The minimum atomic E-state index is -3.58. The van der Waals surface area contributed by atoms with Crippen LogP contribution < -0.4 is 4.72 Å². The van der Waals surface area contributed by atoms with Crippen molar-refractivity contribution in [3.63, 3.8) is 0 Å². The van der Waals surface area contributed by atoms with E-state index in [1.54, 1.807) is 17.4 Å². The Kier molecular flexibility index (Phi) is 6.34. The van der Waals surface area contributed by atoms with Gasteiger partial charge in [-0.1, -0.05) is 42.5 Å². The number of rotatable bonds is 6. The maximum Gasteiger partial charge on any atom is 0.241 e. The minimum absolute atomic E-state index is 0.0356. The molecule has 0 bridgehead atoms. The summed E-state index contributed by atoms with van der Waals surface area (Å²) in [5.41, 5.74) is 3.70. The molecule has 0 unspecified atom stereocenters. The van der Waals surface area contributed by atoms with E-state index in [9.17, 15) is 8.42 Å². The van der Waals surface area contributed by atoms with Gasteiger partial charge in [0, 0.05) is 36.6 Å².